The molecule has 0 fully saturated rings. The van der Waals surface area contributed by atoms with Crippen molar-refractivity contribution in [3.05, 3.63) is 33.7 Å². The van der Waals surface area contributed by atoms with Crippen molar-refractivity contribution in [2.75, 3.05) is 19.6 Å². The lowest BCUT2D eigenvalue weighted by atomic mass is 10.3. The van der Waals surface area contributed by atoms with Crippen molar-refractivity contribution in [3.63, 3.8) is 0 Å². The number of nitrogens with one attached hydrogen (secondary N) is 2. The van der Waals surface area contributed by atoms with Crippen LogP contribution in [0.3, 0.4) is 0 Å². The predicted octanol–water partition coefficient (Wildman–Crippen LogP) is -0.703. The van der Waals surface area contributed by atoms with Crippen molar-refractivity contribution in [3.8, 4) is 0 Å². The number of fused-ring (bicyclic) bond motifs is 1. The molecule has 0 bridgehead atoms. The Hall–Kier alpha value is -1.73. The molecule has 7 heteroatoms. The van der Waals surface area contributed by atoms with Gasteiger partial charge in [0.2, 0.25) is 0 Å². The molecule has 0 aliphatic heterocycles. The first kappa shape index (κ1) is 14.7. The normalized spacial score (nSPS) is 12.5. The van der Waals surface area contributed by atoms with Crippen LogP contribution in [0.4, 0.5) is 0 Å². The largest absolute Gasteiger partial charge is 0.351 e. The molecule has 0 saturated heterocycles. The zero-order valence-electron chi connectivity index (χ0n) is 11.7. The Morgan fingerprint density at radius 3 is 3.00 bits per heavy atom. The first-order valence-electron chi connectivity index (χ1n) is 6.70. The van der Waals surface area contributed by atoms with Gasteiger partial charge in [-0.25, -0.2) is 4.98 Å². The number of quaternary nitrogens is 1. The summed E-state index contributed by atoms with van der Waals surface area (Å²) in [7, 11) is 0. The van der Waals surface area contributed by atoms with Crippen LogP contribution in [0.5, 0.6) is 0 Å². The van der Waals surface area contributed by atoms with Gasteiger partial charge in [0.05, 0.1) is 6.54 Å². The SMILES string of the molecule is CCNC(=O)C[NH+](CC)Cc1cc(=O)n2ccsc2n1. The van der Waals surface area contributed by atoms with Gasteiger partial charge in [0.25, 0.3) is 11.5 Å². The Morgan fingerprint density at radius 1 is 1.50 bits per heavy atom. The third-order valence-electron chi connectivity index (χ3n) is 3.07. The van der Waals surface area contributed by atoms with Crippen molar-refractivity contribution in [2.45, 2.75) is 20.4 Å². The molecule has 0 aliphatic rings. The average molecular weight is 295 g/mol. The molecule has 1 amide bonds. The van der Waals surface area contributed by atoms with E-state index >= 15 is 0 Å². The lowest BCUT2D eigenvalue weighted by Crippen LogP contribution is -3.11. The van der Waals surface area contributed by atoms with E-state index in [0.717, 1.165) is 17.1 Å². The van der Waals surface area contributed by atoms with Crippen LogP contribution in [0.25, 0.3) is 4.96 Å². The quantitative estimate of drug-likeness (QED) is 0.740. The van der Waals surface area contributed by atoms with Gasteiger partial charge in [-0.15, -0.1) is 11.3 Å². The van der Waals surface area contributed by atoms with Gasteiger partial charge in [0.15, 0.2) is 11.5 Å². The molecule has 2 heterocycles. The van der Waals surface area contributed by atoms with E-state index in [2.05, 4.69) is 10.3 Å². The van der Waals surface area contributed by atoms with E-state index in [1.54, 1.807) is 12.3 Å². The van der Waals surface area contributed by atoms with Crippen molar-refractivity contribution >= 4 is 22.2 Å². The molecule has 0 aliphatic carbocycles. The van der Waals surface area contributed by atoms with Gasteiger partial charge in [-0.2, -0.15) is 0 Å². The lowest BCUT2D eigenvalue weighted by Gasteiger charge is -2.16. The van der Waals surface area contributed by atoms with Crippen molar-refractivity contribution in [2.24, 2.45) is 0 Å². The molecule has 0 spiro atoms. The lowest BCUT2D eigenvalue weighted by molar-refractivity contribution is -0.904. The molecule has 2 aromatic rings. The Morgan fingerprint density at radius 2 is 2.30 bits per heavy atom. The maximum Gasteiger partial charge on any atom is 0.275 e. The summed E-state index contributed by atoms with van der Waals surface area (Å²) in [6.45, 7) is 6.34. The molecule has 1 unspecified atom stereocenters. The van der Waals surface area contributed by atoms with Crippen molar-refractivity contribution < 1.29 is 9.69 Å². The van der Waals surface area contributed by atoms with Gasteiger partial charge < -0.3 is 10.2 Å². The number of hydrogen-bond donors (Lipinski definition) is 2. The summed E-state index contributed by atoms with van der Waals surface area (Å²) in [5.41, 5.74) is 0.665. The van der Waals surface area contributed by atoms with Crippen molar-refractivity contribution in [1.29, 1.82) is 0 Å². The first-order chi connectivity index (χ1) is 9.63. The van der Waals surface area contributed by atoms with E-state index in [1.165, 1.54) is 15.7 Å². The van der Waals surface area contributed by atoms with E-state index in [1.807, 2.05) is 19.2 Å². The Labute approximate surface area is 121 Å². The summed E-state index contributed by atoms with van der Waals surface area (Å²) in [5.74, 6) is 0.0262. The summed E-state index contributed by atoms with van der Waals surface area (Å²) < 4.78 is 1.53. The second-order valence-corrected chi connectivity index (χ2v) is 5.42. The highest BCUT2D eigenvalue weighted by Gasteiger charge is 2.14. The number of hydrogen-bond acceptors (Lipinski definition) is 4. The molecule has 0 saturated carbocycles. The monoisotopic (exact) mass is 295 g/mol. The maximum absolute atomic E-state index is 11.9. The van der Waals surface area contributed by atoms with E-state index in [4.69, 9.17) is 0 Å². The summed E-state index contributed by atoms with van der Waals surface area (Å²) in [4.78, 5) is 29.8. The number of rotatable bonds is 6. The second kappa shape index (κ2) is 6.62. The smallest absolute Gasteiger partial charge is 0.275 e. The Balaban J connectivity index is 2.12. The predicted molar refractivity (Wildman–Crippen MR) is 78.1 cm³/mol. The fraction of sp³-hybridized carbons (Fsp3) is 0.462. The molecule has 2 aromatic heterocycles. The zero-order valence-corrected chi connectivity index (χ0v) is 12.5. The minimum atomic E-state index is -0.0697. The van der Waals surface area contributed by atoms with Crippen LogP contribution in [-0.4, -0.2) is 34.9 Å². The van der Waals surface area contributed by atoms with Crippen LogP contribution in [0.15, 0.2) is 22.4 Å². The third-order valence-corrected chi connectivity index (χ3v) is 3.83. The second-order valence-electron chi connectivity index (χ2n) is 4.55. The summed E-state index contributed by atoms with van der Waals surface area (Å²) in [6, 6.07) is 1.55. The van der Waals surface area contributed by atoms with Gasteiger partial charge in [-0.05, 0) is 13.8 Å². The highest BCUT2D eigenvalue weighted by Crippen LogP contribution is 2.05. The molecule has 2 rings (SSSR count). The minimum Gasteiger partial charge on any atom is -0.351 e. The van der Waals surface area contributed by atoms with E-state index < -0.39 is 0 Å². The topological polar surface area (TPSA) is 67.9 Å². The number of carbonyl (C=O) groups excluding carboxylic acids is 1. The Kier molecular flexibility index (Phi) is 4.86. The summed E-state index contributed by atoms with van der Waals surface area (Å²) in [5, 5.41) is 4.63. The van der Waals surface area contributed by atoms with Crippen LogP contribution in [0, 0.1) is 0 Å². The molecule has 2 N–H and O–H groups in total. The van der Waals surface area contributed by atoms with E-state index in [0.29, 0.717) is 24.6 Å². The van der Waals surface area contributed by atoms with Crippen LogP contribution in [0.2, 0.25) is 0 Å². The standard InChI is InChI=1S/C13H18N4O2S/c1-3-14-11(18)9-16(4-2)8-10-7-12(19)17-5-6-20-13(17)15-10/h5-7H,3-4,8-9H2,1-2H3,(H,14,18)/p+1. The maximum atomic E-state index is 11.9. The molecular formula is C13H19N4O2S+. The first-order valence-corrected chi connectivity index (χ1v) is 7.58. The number of aromatic nitrogens is 2. The number of likely N-dealkylation sites (N-methyl/N-ethyl adjacent to an activating group) is 2. The van der Waals surface area contributed by atoms with E-state index in [-0.39, 0.29) is 11.5 Å². The summed E-state index contributed by atoms with van der Waals surface area (Å²) in [6.07, 6.45) is 1.72. The molecule has 0 radical (unpaired) electrons. The zero-order chi connectivity index (χ0) is 14.5. The number of carbonyl (C=O) groups is 1. The molecule has 20 heavy (non-hydrogen) atoms. The third kappa shape index (κ3) is 3.43. The molecular weight excluding hydrogens is 276 g/mol. The van der Waals surface area contributed by atoms with Gasteiger partial charge in [0.1, 0.15) is 12.2 Å². The molecule has 108 valence electrons. The van der Waals surface area contributed by atoms with Gasteiger partial charge in [0, 0.05) is 24.2 Å². The van der Waals surface area contributed by atoms with Crippen LogP contribution in [0.1, 0.15) is 19.5 Å². The molecule has 1 atom stereocenters. The van der Waals surface area contributed by atoms with Gasteiger partial charge in [-0.1, -0.05) is 0 Å². The van der Waals surface area contributed by atoms with Gasteiger partial charge >= 0.3 is 0 Å². The number of nitrogens with zero attached hydrogens (tertiary/aromatic N) is 2. The number of amides is 1. The minimum absolute atomic E-state index is 0.0262. The highest BCUT2D eigenvalue weighted by molar-refractivity contribution is 7.15. The van der Waals surface area contributed by atoms with Crippen LogP contribution in [-0.2, 0) is 11.3 Å². The van der Waals surface area contributed by atoms with Crippen LogP contribution >= 0.6 is 11.3 Å². The fourth-order valence-electron chi connectivity index (χ4n) is 2.03. The highest BCUT2D eigenvalue weighted by atomic mass is 32.1. The van der Waals surface area contributed by atoms with Gasteiger partial charge in [-0.3, -0.25) is 14.0 Å². The number of thiazole rings is 1. The Bertz CT molecular complexity index is 649. The fourth-order valence-corrected chi connectivity index (χ4v) is 2.77. The van der Waals surface area contributed by atoms with Crippen molar-refractivity contribution in [1.82, 2.24) is 14.7 Å². The molecule has 6 nitrogen and oxygen atoms in total. The molecule has 0 aromatic carbocycles. The summed E-state index contributed by atoms with van der Waals surface area (Å²) >= 11 is 1.44. The van der Waals surface area contributed by atoms with E-state index in [9.17, 15) is 9.59 Å². The van der Waals surface area contributed by atoms with Crippen LogP contribution < -0.4 is 15.8 Å². The average Bonchev–Trinajstić information content (AvgIpc) is 2.87.